The SMILES string of the molecule is CCC[CH2][Zr]1([CH2]CCC)[CH]2C(C)=C(c3c(C(C)C)cc(C(C)C)cc32)[Si](C)(C)C2=C(C)[CH]1c1cc(C(C)C)cc(C(C)C)c12. The zero-order valence-electron chi connectivity index (χ0n) is 31.0. The second-order valence-corrected chi connectivity index (χ2v) is 32.4. The van der Waals surface area contributed by atoms with Gasteiger partial charge in [-0.25, -0.2) is 0 Å². The van der Waals surface area contributed by atoms with Gasteiger partial charge in [-0.3, -0.25) is 0 Å². The van der Waals surface area contributed by atoms with Crippen molar-refractivity contribution in [2.24, 2.45) is 0 Å². The number of unbranched alkanes of at least 4 members (excludes halogenated alkanes) is 2. The van der Waals surface area contributed by atoms with Gasteiger partial charge in [0.15, 0.2) is 0 Å². The summed E-state index contributed by atoms with van der Waals surface area (Å²) in [5, 5.41) is 3.71. The molecule has 0 N–H and O–H groups in total. The summed E-state index contributed by atoms with van der Waals surface area (Å²) < 4.78 is 4.49. The van der Waals surface area contributed by atoms with Gasteiger partial charge >= 0.3 is 280 Å². The van der Waals surface area contributed by atoms with Gasteiger partial charge in [-0.1, -0.05) is 0 Å². The van der Waals surface area contributed by atoms with E-state index in [9.17, 15) is 0 Å². The average molecular weight is 688 g/mol. The van der Waals surface area contributed by atoms with E-state index in [-0.39, 0.29) is 0 Å². The van der Waals surface area contributed by atoms with Gasteiger partial charge in [0.2, 0.25) is 0 Å². The normalized spacial score (nSPS) is 21.6. The molecule has 2 unspecified atom stereocenters. The molecule has 44 heavy (non-hydrogen) atoms. The van der Waals surface area contributed by atoms with Crippen molar-refractivity contribution in [3.8, 4) is 0 Å². The molecule has 2 aliphatic carbocycles. The van der Waals surface area contributed by atoms with Crippen LogP contribution >= 0.6 is 0 Å². The van der Waals surface area contributed by atoms with E-state index in [1.165, 1.54) is 33.9 Å². The van der Waals surface area contributed by atoms with E-state index in [2.05, 4.69) is 120 Å². The number of rotatable bonds is 10. The summed E-state index contributed by atoms with van der Waals surface area (Å²) in [4.78, 5) is 0. The number of fused-ring (bicyclic) bond motifs is 8. The third-order valence-corrected chi connectivity index (χ3v) is 31.6. The summed E-state index contributed by atoms with van der Waals surface area (Å²) in [6.45, 7) is 35.3. The summed E-state index contributed by atoms with van der Waals surface area (Å²) >= 11 is -3.12. The quantitative estimate of drug-likeness (QED) is 0.218. The zero-order valence-corrected chi connectivity index (χ0v) is 34.5. The van der Waals surface area contributed by atoms with Crippen LogP contribution in [0.1, 0.15) is 184 Å². The third-order valence-electron chi connectivity index (χ3n) is 12.2. The van der Waals surface area contributed by atoms with Crippen LogP contribution in [0.15, 0.2) is 35.4 Å². The molecule has 1 aliphatic heterocycles. The standard InChI is InChI=1S/C34H46Si.2C4H9.Zr/c1-19(2)25-15-27-13-23(9)33(31(27)29(17-25)21(5)6)35(11,12)34-24(10)14-28-16-26(20(3)4)18-30(22(7)8)32(28)34;2*1-3-4-2;/h13-22H,1-12H3;2*1,3-4H2,2H3;. The Morgan fingerprint density at radius 2 is 0.955 bits per heavy atom. The fourth-order valence-electron chi connectivity index (χ4n) is 10.3. The molecule has 2 heteroatoms. The Balaban J connectivity index is 2.00. The van der Waals surface area contributed by atoms with Gasteiger partial charge in [0.1, 0.15) is 0 Å². The molecule has 2 aromatic rings. The van der Waals surface area contributed by atoms with E-state index in [1.807, 2.05) is 32.7 Å². The van der Waals surface area contributed by atoms with E-state index in [1.54, 1.807) is 33.4 Å². The first-order valence-electron chi connectivity index (χ1n) is 18.4. The van der Waals surface area contributed by atoms with Crippen molar-refractivity contribution in [3.05, 3.63) is 79.9 Å². The molecule has 0 saturated carbocycles. The number of benzene rings is 2. The first-order valence-corrected chi connectivity index (χ1v) is 27.8. The topological polar surface area (TPSA) is 0 Å². The number of hydrogen-bond acceptors (Lipinski definition) is 0. The molecule has 0 amide bonds. The van der Waals surface area contributed by atoms with Crippen LogP contribution in [-0.4, -0.2) is 8.07 Å². The molecule has 3 aliphatic rings. The fraction of sp³-hybridized carbons (Fsp3) is 0.619. The molecule has 240 valence electrons. The van der Waals surface area contributed by atoms with Crippen molar-refractivity contribution in [2.75, 3.05) is 0 Å². The van der Waals surface area contributed by atoms with E-state index < -0.39 is 28.3 Å². The van der Waals surface area contributed by atoms with Crippen molar-refractivity contribution in [3.63, 3.8) is 0 Å². The zero-order chi connectivity index (χ0) is 32.5. The van der Waals surface area contributed by atoms with Gasteiger partial charge in [-0.15, -0.1) is 0 Å². The van der Waals surface area contributed by atoms with Crippen LogP contribution in [0.3, 0.4) is 0 Å². The van der Waals surface area contributed by atoms with Gasteiger partial charge in [-0.05, 0) is 0 Å². The Morgan fingerprint density at radius 3 is 1.25 bits per heavy atom. The Bertz CT molecular complexity index is 1380. The van der Waals surface area contributed by atoms with Gasteiger partial charge in [-0.2, -0.15) is 0 Å². The third kappa shape index (κ3) is 5.14. The Morgan fingerprint density at radius 1 is 0.591 bits per heavy atom. The molecule has 0 spiro atoms. The maximum absolute atomic E-state index is 3.12. The summed E-state index contributed by atoms with van der Waals surface area (Å²) in [5.74, 6) is 2.22. The van der Waals surface area contributed by atoms with Crippen LogP contribution in [0, 0.1) is 0 Å². The van der Waals surface area contributed by atoms with Crippen molar-refractivity contribution in [1.82, 2.24) is 0 Å². The molecule has 0 aromatic heterocycles. The summed E-state index contributed by atoms with van der Waals surface area (Å²) in [5.41, 5.74) is 17.3. The van der Waals surface area contributed by atoms with E-state index in [4.69, 9.17) is 0 Å². The Hall–Kier alpha value is -0.980. The summed E-state index contributed by atoms with van der Waals surface area (Å²) in [7, 11) is -2.05. The first kappa shape index (κ1) is 34.4. The van der Waals surface area contributed by atoms with Gasteiger partial charge in [0, 0.05) is 0 Å². The summed E-state index contributed by atoms with van der Waals surface area (Å²) in [6.07, 6.45) is 5.46. The van der Waals surface area contributed by atoms with Gasteiger partial charge in [0.25, 0.3) is 0 Å². The Kier molecular flexibility index (Phi) is 9.81. The predicted molar refractivity (Wildman–Crippen MR) is 197 cm³/mol. The molecule has 0 nitrogen and oxygen atoms in total. The van der Waals surface area contributed by atoms with Crippen LogP contribution in [-0.2, 0) is 20.3 Å². The van der Waals surface area contributed by atoms with Crippen LogP contribution in [0.2, 0.25) is 21.4 Å². The molecule has 2 aromatic carbocycles. The van der Waals surface area contributed by atoms with Crippen molar-refractivity contribution in [1.29, 1.82) is 0 Å². The maximum atomic E-state index is 2.77. The molecule has 2 atom stereocenters. The van der Waals surface area contributed by atoms with E-state index in [0.29, 0.717) is 30.9 Å². The van der Waals surface area contributed by atoms with Crippen LogP contribution in [0.4, 0.5) is 0 Å². The second kappa shape index (κ2) is 12.6. The average Bonchev–Trinajstić information content (AvgIpc) is 3.44. The molecule has 1 heterocycles. The molecule has 5 rings (SSSR count). The van der Waals surface area contributed by atoms with Gasteiger partial charge in [0.05, 0.1) is 0 Å². The minimum absolute atomic E-state index is 0.546. The number of hydrogen-bond donors (Lipinski definition) is 0. The summed E-state index contributed by atoms with van der Waals surface area (Å²) in [6, 6.07) is 10.8. The number of allylic oxidation sites excluding steroid dienone is 2. The monoisotopic (exact) mass is 686 g/mol. The molecule has 0 radical (unpaired) electrons. The fourth-order valence-corrected chi connectivity index (χ4v) is 33.7. The molecule has 0 fully saturated rings. The van der Waals surface area contributed by atoms with Crippen LogP contribution in [0.5, 0.6) is 0 Å². The van der Waals surface area contributed by atoms with Crippen LogP contribution < -0.4 is 0 Å². The van der Waals surface area contributed by atoms with Crippen molar-refractivity contribution in [2.45, 2.75) is 161 Å². The second-order valence-electron chi connectivity index (χ2n) is 16.8. The minimum atomic E-state index is -3.12. The van der Waals surface area contributed by atoms with E-state index >= 15 is 0 Å². The van der Waals surface area contributed by atoms with Crippen molar-refractivity contribution >= 4 is 18.5 Å². The van der Waals surface area contributed by atoms with Crippen molar-refractivity contribution < 1.29 is 20.3 Å². The molecular formula is C42H64SiZr. The van der Waals surface area contributed by atoms with E-state index in [0.717, 1.165) is 0 Å². The predicted octanol–water partition coefficient (Wildman–Crippen LogP) is 13.9. The van der Waals surface area contributed by atoms with Gasteiger partial charge < -0.3 is 0 Å². The first-order chi connectivity index (χ1) is 20.6. The Labute approximate surface area is 278 Å². The molecule has 0 saturated heterocycles. The van der Waals surface area contributed by atoms with Crippen LogP contribution in [0.25, 0.3) is 10.4 Å². The molecule has 4 bridgehead atoms. The molecular weight excluding hydrogens is 624 g/mol.